The third kappa shape index (κ3) is 5.33. The summed E-state index contributed by atoms with van der Waals surface area (Å²) in [6.45, 7) is 1.86. The number of rotatable bonds is 7. The van der Waals surface area contributed by atoms with Crippen LogP contribution in [0.25, 0.3) is 11.0 Å². The molecule has 3 heterocycles. The maximum absolute atomic E-state index is 13.2. The molecule has 39 heavy (non-hydrogen) atoms. The first-order chi connectivity index (χ1) is 18.6. The van der Waals surface area contributed by atoms with Crippen molar-refractivity contribution in [2.75, 3.05) is 6.54 Å². The third-order valence-electron chi connectivity index (χ3n) is 6.58. The molecule has 1 aliphatic heterocycles. The quantitative estimate of drug-likeness (QED) is 0.305. The van der Waals surface area contributed by atoms with E-state index in [9.17, 15) is 24.6 Å². The first-order valence-corrected chi connectivity index (χ1v) is 12.8. The van der Waals surface area contributed by atoms with Crippen molar-refractivity contribution in [3.05, 3.63) is 80.8 Å². The molecule has 5 rings (SSSR count). The number of nitrogens with zero attached hydrogens (tertiary/aromatic N) is 4. The molecule has 11 nitrogen and oxygen atoms in total. The van der Waals surface area contributed by atoms with Gasteiger partial charge in [-0.15, -0.1) is 5.10 Å². The van der Waals surface area contributed by atoms with Crippen LogP contribution in [0.2, 0.25) is 10.0 Å². The van der Waals surface area contributed by atoms with Gasteiger partial charge in [-0.1, -0.05) is 34.5 Å². The SMILES string of the molecule is C[C@H](O)c1cn(C[C@H](NC(=O)c2c(Cl)cc3c(c2Cl)CCN(C(=O)c2ccc4ccoc4c2)C3)C(=O)O)nn1. The largest absolute Gasteiger partial charge is 0.480 e. The minimum absolute atomic E-state index is 0.0313. The van der Waals surface area contributed by atoms with Crippen LogP contribution in [0.1, 0.15) is 50.6 Å². The van der Waals surface area contributed by atoms with Crippen molar-refractivity contribution in [2.24, 2.45) is 0 Å². The fraction of sp³-hybridized carbons (Fsp3) is 0.269. The van der Waals surface area contributed by atoms with Crippen molar-refractivity contribution in [3.8, 4) is 0 Å². The van der Waals surface area contributed by atoms with Gasteiger partial charge in [0.25, 0.3) is 11.8 Å². The van der Waals surface area contributed by atoms with Crippen LogP contribution in [0.3, 0.4) is 0 Å². The van der Waals surface area contributed by atoms with Gasteiger partial charge in [0.15, 0.2) is 0 Å². The molecule has 3 N–H and O–H groups in total. The third-order valence-corrected chi connectivity index (χ3v) is 7.29. The number of hydrogen-bond donors (Lipinski definition) is 3. The van der Waals surface area contributed by atoms with Gasteiger partial charge in [0, 0.05) is 24.0 Å². The highest BCUT2D eigenvalue weighted by Gasteiger charge is 2.30. The average Bonchev–Trinajstić information content (AvgIpc) is 3.56. The van der Waals surface area contributed by atoms with Gasteiger partial charge < -0.3 is 24.8 Å². The van der Waals surface area contributed by atoms with Crippen LogP contribution in [0.15, 0.2) is 47.2 Å². The molecule has 2 atom stereocenters. The molecule has 1 aliphatic rings. The molecule has 0 unspecified atom stereocenters. The Balaban J connectivity index is 1.33. The zero-order valence-electron chi connectivity index (χ0n) is 20.6. The number of halogens is 2. The van der Waals surface area contributed by atoms with E-state index in [1.807, 2.05) is 12.1 Å². The minimum Gasteiger partial charge on any atom is -0.480 e. The lowest BCUT2D eigenvalue weighted by Gasteiger charge is -2.30. The van der Waals surface area contributed by atoms with E-state index in [4.69, 9.17) is 27.6 Å². The number of aliphatic carboxylic acids is 1. The van der Waals surface area contributed by atoms with E-state index in [1.165, 1.54) is 17.8 Å². The smallest absolute Gasteiger partial charge is 0.328 e. The molecule has 0 saturated heterocycles. The van der Waals surface area contributed by atoms with E-state index in [0.29, 0.717) is 35.2 Å². The molecular weight excluding hydrogens is 549 g/mol. The highest BCUT2D eigenvalue weighted by molar-refractivity contribution is 6.40. The first kappa shape index (κ1) is 26.7. The Morgan fingerprint density at radius 3 is 2.72 bits per heavy atom. The van der Waals surface area contributed by atoms with Gasteiger partial charge >= 0.3 is 5.97 Å². The summed E-state index contributed by atoms with van der Waals surface area (Å²) in [5.41, 5.74) is 2.69. The molecule has 0 spiro atoms. The lowest BCUT2D eigenvalue weighted by atomic mass is 9.96. The molecule has 0 fully saturated rings. The summed E-state index contributed by atoms with van der Waals surface area (Å²) in [6.07, 6.45) is 2.46. The molecule has 0 bridgehead atoms. The lowest BCUT2D eigenvalue weighted by molar-refractivity contribution is -0.139. The van der Waals surface area contributed by atoms with Crippen molar-refractivity contribution in [3.63, 3.8) is 0 Å². The Labute approximate surface area is 231 Å². The molecular formula is C26H23Cl2N5O6. The average molecular weight is 572 g/mol. The number of aromatic nitrogens is 3. The summed E-state index contributed by atoms with van der Waals surface area (Å²) in [7, 11) is 0. The molecule has 0 aliphatic carbocycles. The summed E-state index contributed by atoms with van der Waals surface area (Å²) < 4.78 is 6.62. The normalized spacial score (nSPS) is 14.6. The number of amides is 2. The number of carboxylic acid groups (broad SMARTS) is 1. The van der Waals surface area contributed by atoms with Crippen molar-refractivity contribution in [1.82, 2.24) is 25.2 Å². The Bertz CT molecular complexity index is 1600. The summed E-state index contributed by atoms with van der Waals surface area (Å²) in [6, 6.07) is 7.29. The summed E-state index contributed by atoms with van der Waals surface area (Å²) in [5.74, 6) is -2.24. The molecule has 202 valence electrons. The highest BCUT2D eigenvalue weighted by atomic mass is 35.5. The molecule has 13 heteroatoms. The molecule has 0 saturated carbocycles. The number of benzene rings is 2. The maximum atomic E-state index is 13.2. The monoisotopic (exact) mass is 571 g/mol. The minimum atomic E-state index is -1.37. The second-order valence-electron chi connectivity index (χ2n) is 9.24. The molecule has 0 radical (unpaired) electrons. The molecule has 2 amide bonds. The van der Waals surface area contributed by atoms with Gasteiger partial charge in [-0.05, 0) is 48.7 Å². The van der Waals surface area contributed by atoms with Gasteiger partial charge in [-0.2, -0.15) is 0 Å². The number of carboxylic acids is 1. The van der Waals surface area contributed by atoms with Gasteiger partial charge in [0.1, 0.15) is 17.3 Å². The lowest BCUT2D eigenvalue weighted by Crippen LogP contribution is -2.44. The van der Waals surface area contributed by atoms with Gasteiger partial charge in [-0.25, -0.2) is 9.48 Å². The fourth-order valence-electron chi connectivity index (χ4n) is 4.50. The standard InChI is InChI=1S/C26H23Cl2N5O6/c1-13(34)19-11-33(31-30-19)12-20(26(37)38)29-24(35)22-18(27)8-16-10-32(6-4-17(16)23(22)28)25(36)15-3-2-14-5-7-39-21(14)9-15/h2-3,5,7-9,11,13,20,34H,4,6,10,12H2,1H3,(H,29,35)(H,37,38)/t13-,20-/m0/s1. The predicted molar refractivity (Wildman–Crippen MR) is 141 cm³/mol. The molecule has 2 aromatic carbocycles. The van der Waals surface area contributed by atoms with E-state index in [1.54, 1.807) is 29.4 Å². The number of nitrogens with one attached hydrogen (secondary N) is 1. The zero-order chi connectivity index (χ0) is 27.8. The first-order valence-electron chi connectivity index (χ1n) is 12.0. The van der Waals surface area contributed by atoms with Gasteiger partial charge in [0.05, 0.1) is 40.7 Å². The second kappa shape index (κ2) is 10.7. The predicted octanol–water partition coefficient (Wildman–Crippen LogP) is 3.47. The van der Waals surface area contributed by atoms with Gasteiger partial charge in [-0.3, -0.25) is 9.59 Å². The van der Waals surface area contributed by atoms with Crippen molar-refractivity contribution in [1.29, 1.82) is 0 Å². The zero-order valence-corrected chi connectivity index (χ0v) is 22.1. The van der Waals surface area contributed by atoms with E-state index in [0.717, 1.165) is 5.39 Å². The number of fused-ring (bicyclic) bond motifs is 2. The fourth-order valence-corrected chi connectivity index (χ4v) is 5.26. The molecule has 4 aromatic rings. The number of furan rings is 1. The Kier molecular flexibility index (Phi) is 7.30. The van der Waals surface area contributed by atoms with Crippen LogP contribution in [-0.4, -0.2) is 60.5 Å². The van der Waals surface area contributed by atoms with E-state index < -0.39 is 24.0 Å². The van der Waals surface area contributed by atoms with Crippen LogP contribution in [-0.2, 0) is 24.3 Å². The van der Waals surface area contributed by atoms with Crippen molar-refractivity contribution in [2.45, 2.75) is 38.6 Å². The maximum Gasteiger partial charge on any atom is 0.328 e. The summed E-state index contributed by atoms with van der Waals surface area (Å²) in [4.78, 5) is 39.8. The Hall–Kier alpha value is -3.93. The van der Waals surface area contributed by atoms with Gasteiger partial charge in [0.2, 0.25) is 0 Å². The number of hydrogen-bond acceptors (Lipinski definition) is 7. The van der Waals surface area contributed by atoms with Crippen LogP contribution >= 0.6 is 23.2 Å². The summed E-state index contributed by atoms with van der Waals surface area (Å²) >= 11 is 13.1. The topological polar surface area (TPSA) is 151 Å². The Morgan fingerprint density at radius 1 is 1.21 bits per heavy atom. The molecule has 2 aromatic heterocycles. The van der Waals surface area contributed by atoms with Crippen LogP contribution in [0.4, 0.5) is 0 Å². The number of carbonyl (C=O) groups excluding carboxylic acids is 2. The van der Waals surface area contributed by atoms with Crippen LogP contribution in [0.5, 0.6) is 0 Å². The van der Waals surface area contributed by atoms with Crippen molar-refractivity contribution >= 4 is 52.0 Å². The van der Waals surface area contributed by atoms with E-state index in [2.05, 4.69) is 15.6 Å². The van der Waals surface area contributed by atoms with Crippen LogP contribution < -0.4 is 5.32 Å². The highest BCUT2D eigenvalue weighted by Crippen LogP contribution is 2.35. The summed E-state index contributed by atoms with van der Waals surface area (Å²) in [5, 5.41) is 30.3. The number of carbonyl (C=O) groups is 3. The van der Waals surface area contributed by atoms with E-state index in [-0.39, 0.29) is 40.3 Å². The van der Waals surface area contributed by atoms with E-state index >= 15 is 0 Å². The van der Waals surface area contributed by atoms with Crippen molar-refractivity contribution < 1.29 is 29.0 Å². The number of aliphatic hydroxyl groups is 1. The number of aliphatic hydroxyl groups excluding tert-OH is 1. The second-order valence-corrected chi connectivity index (χ2v) is 10.0. The van der Waals surface area contributed by atoms with Crippen LogP contribution in [0, 0.1) is 0 Å². The Morgan fingerprint density at radius 2 is 2.00 bits per heavy atom.